The molecule has 1 aliphatic rings. The Morgan fingerprint density at radius 2 is 1.83 bits per heavy atom. The molecule has 5 nitrogen and oxygen atoms in total. The van der Waals surface area contributed by atoms with Gasteiger partial charge in [0.1, 0.15) is 5.75 Å². The summed E-state index contributed by atoms with van der Waals surface area (Å²) in [6, 6.07) is 14.7. The number of hydrogen-bond donors (Lipinski definition) is 1. The van der Waals surface area contributed by atoms with Gasteiger partial charge >= 0.3 is 0 Å². The summed E-state index contributed by atoms with van der Waals surface area (Å²) in [7, 11) is 0. The lowest BCUT2D eigenvalue weighted by atomic mass is 10.1. The van der Waals surface area contributed by atoms with Crippen LogP contribution in [-0.4, -0.2) is 27.8 Å². The van der Waals surface area contributed by atoms with Gasteiger partial charge in [0.25, 0.3) is 11.8 Å². The molecule has 0 radical (unpaired) electrons. The van der Waals surface area contributed by atoms with Crippen molar-refractivity contribution in [3.05, 3.63) is 70.1 Å². The fourth-order valence-electron chi connectivity index (χ4n) is 2.79. The van der Waals surface area contributed by atoms with E-state index in [2.05, 4.69) is 12.3 Å². The summed E-state index contributed by atoms with van der Waals surface area (Å²) in [6.45, 7) is 4.80. The van der Waals surface area contributed by atoms with Crippen LogP contribution in [0.1, 0.15) is 47.7 Å². The van der Waals surface area contributed by atoms with Crippen LogP contribution in [0.15, 0.2) is 53.4 Å². The lowest BCUT2D eigenvalue weighted by Gasteiger charge is -2.15. The lowest BCUT2D eigenvalue weighted by molar-refractivity contribution is -0.123. The maximum atomic E-state index is 12.7. The quantitative estimate of drug-likeness (QED) is 0.351. The Morgan fingerprint density at radius 3 is 2.50 bits per heavy atom. The van der Waals surface area contributed by atoms with Crippen molar-refractivity contribution in [3.8, 4) is 5.75 Å². The Bertz CT molecular complexity index is 953. The molecule has 0 aliphatic carbocycles. The molecule has 1 aliphatic heterocycles. The molecular formula is C23H24N2O3S2. The molecule has 0 aromatic heterocycles. The first-order valence-electron chi connectivity index (χ1n) is 9.86. The zero-order valence-electron chi connectivity index (χ0n) is 17.0. The van der Waals surface area contributed by atoms with Crippen LogP contribution in [0, 0.1) is 6.92 Å². The highest BCUT2D eigenvalue weighted by Gasteiger charge is 2.33. The zero-order chi connectivity index (χ0) is 21.5. The van der Waals surface area contributed by atoms with E-state index in [-0.39, 0.29) is 11.8 Å². The molecule has 7 heteroatoms. The number of benzene rings is 2. The van der Waals surface area contributed by atoms with Crippen molar-refractivity contribution < 1.29 is 14.3 Å². The highest BCUT2D eigenvalue weighted by Crippen LogP contribution is 2.31. The third-order valence-corrected chi connectivity index (χ3v) is 5.82. The van der Waals surface area contributed by atoms with Crippen LogP contribution in [0.2, 0.25) is 0 Å². The smallest absolute Gasteiger partial charge is 0.285 e. The van der Waals surface area contributed by atoms with Gasteiger partial charge < -0.3 is 4.74 Å². The van der Waals surface area contributed by atoms with Gasteiger partial charge in [0.2, 0.25) is 0 Å². The number of thiocarbonyl (C=S) groups is 1. The Balaban J connectivity index is 1.63. The lowest BCUT2D eigenvalue weighted by Crippen LogP contribution is -2.44. The number of carbonyl (C=O) groups is 2. The minimum atomic E-state index is -0.378. The number of aryl methyl sites for hydroxylation is 1. The Morgan fingerprint density at radius 1 is 1.13 bits per heavy atom. The SMILES string of the molecule is CCCCCOc1ccc(/C=C2\SC(=S)N(NC(=O)c3ccc(C)cc3)C2=O)cc1. The van der Waals surface area contributed by atoms with Crippen LogP contribution < -0.4 is 10.2 Å². The summed E-state index contributed by atoms with van der Waals surface area (Å²) in [6.07, 6.45) is 5.11. The van der Waals surface area contributed by atoms with E-state index in [0.29, 0.717) is 21.4 Å². The molecule has 0 unspecified atom stereocenters. The molecule has 0 atom stereocenters. The third-order valence-electron chi connectivity index (χ3n) is 4.52. The molecule has 156 valence electrons. The van der Waals surface area contributed by atoms with Crippen LogP contribution in [0.4, 0.5) is 0 Å². The fraction of sp³-hybridized carbons (Fsp3) is 0.261. The second-order valence-electron chi connectivity index (χ2n) is 6.95. The number of ether oxygens (including phenoxy) is 1. The number of hydrogen-bond acceptors (Lipinski definition) is 5. The molecule has 2 amide bonds. The van der Waals surface area contributed by atoms with E-state index < -0.39 is 0 Å². The Hall–Kier alpha value is -2.64. The molecule has 0 saturated carbocycles. The van der Waals surface area contributed by atoms with E-state index in [1.807, 2.05) is 43.3 Å². The van der Waals surface area contributed by atoms with E-state index >= 15 is 0 Å². The number of unbranched alkanes of at least 4 members (excludes halogenated alkanes) is 2. The number of nitrogens with one attached hydrogen (secondary N) is 1. The zero-order valence-corrected chi connectivity index (χ0v) is 18.6. The van der Waals surface area contributed by atoms with Gasteiger partial charge in [-0.15, -0.1) is 0 Å². The number of nitrogens with zero attached hydrogens (tertiary/aromatic N) is 1. The van der Waals surface area contributed by atoms with Crippen molar-refractivity contribution in [1.29, 1.82) is 0 Å². The predicted octanol–water partition coefficient (Wildman–Crippen LogP) is 5.11. The first kappa shape index (κ1) is 22.1. The van der Waals surface area contributed by atoms with Gasteiger partial charge in [-0.25, -0.2) is 0 Å². The first-order chi connectivity index (χ1) is 14.5. The third kappa shape index (κ3) is 5.70. The van der Waals surface area contributed by atoms with E-state index in [9.17, 15) is 9.59 Å². The van der Waals surface area contributed by atoms with E-state index in [0.717, 1.165) is 52.9 Å². The minimum Gasteiger partial charge on any atom is -0.494 e. The maximum Gasteiger partial charge on any atom is 0.285 e. The molecule has 2 aromatic carbocycles. The highest BCUT2D eigenvalue weighted by atomic mass is 32.2. The fourth-order valence-corrected chi connectivity index (χ4v) is 3.97. The maximum absolute atomic E-state index is 12.7. The predicted molar refractivity (Wildman–Crippen MR) is 125 cm³/mol. The number of rotatable bonds is 8. The van der Waals surface area contributed by atoms with Gasteiger partial charge in [0.05, 0.1) is 11.5 Å². The van der Waals surface area contributed by atoms with Crippen LogP contribution in [0.3, 0.4) is 0 Å². The Labute approximate surface area is 186 Å². The monoisotopic (exact) mass is 440 g/mol. The van der Waals surface area contributed by atoms with Crippen molar-refractivity contribution in [3.63, 3.8) is 0 Å². The van der Waals surface area contributed by atoms with Crippen molar-refractivity contribution in [2.75, 3.05) is 6.61 Å². The summed E-state index contributed by atoms with van der Waals surface area (Å²) < 4.78 is 6.01. The summed E-state index contributed by atoms with van der Waals surface area (Å²) >= 11 is 6.45. The van der Waals surface area contributed by atoms with E-state index in [4.69, 9.17) is 17.0 Å². The molecule has 0 bridgehead atoms. The number of carbonyl (C=O) groups excluding carboxylic acids is 2. The topological polar surface area (TPSA) is 58.6 Å². The molecule has 1 heterocycles. The molecule has 0 spiro atoms. The van der Waals surface area contributed by atoms with Crippen LogP contribution in [-0.2, 0) is 4.79 Å². The van der Waals surface area contributed by atoms with Gasteiger partial charge in [0.15, 0.2) is 4.32 Å². The summed E-state index contributed by atoms with van der Waals surface area (Å²) in [5.41, 5.74) is 4.98. The Kier molecular flexibility index (Phi) is 7.65. The second kappa shape index (κ2) is 10.4. The average Bonchev–Trinajstić information content (AvgIpc) is 3.00. The van der Waals surface area contributed by atoms with Gasteiger partial charge in [-0.3, -0.25) is 15.0 Å². The van der Waals surface area contributed by atoms with Crippen molar-refractivity contribution in [2.24, 2.45) is 0 Å². The minimum absolute atomic E-state index is 0.294. The van der Waals surface area contributed by atoms with E-state index in [1.54, 1.807) is 18.2 Å². The molecule has 3 rings (SSSR count). The molecule has 30 heavy (non-hydrogen) atoms. The second-order valence-corrected chi connectivity index (χ2v) is 8.62. The molecule has 1 saturated heterocycles. The molecule has 1 fully saturated rings. The van der Waals surface area contributed by atoms with Gasteiger partial charge in [0, 0.05) is 5.56 Å². The van der Waals surface area contributed by atoms with Crippen molar-refractivity contribution in [2.45, 2.75) is 33.1 Å². The van der Waals surface area contributed by atoms with Crippen LogP contribution in [0.25, 0.3) is 6.08 Å². The van der Waals surface area contributed by atoms with Crippen LogP contribution >= 0.6 is 24.0 Å². The molecule has 1 N–H and O–H groups in total. The average molecular weight is 441 g/mol. The van der Waals surface area contributed by atoms with E-state index in [1.165, 1.54) is 0 Å². The highest BCUT2D eigenvalue weighted by molar-refractivity contribution is 8.26. The molecular weight excluding hydrogens is 416 g/mol. The normalized spacial score (nSPS) is 15.0. The van der Waals surface area contributed by atoms with Crippen molar-refractivity contribution in [1.82, 2.24) is 10.4 Å². The largest absolute Gasteiger partial charge is 0.494 e. The number of hydrazine groups is 1. The number of amides is 2. The van der Waals surface area contributed by atoms with Crippen molar-refractivity contribution >= 4 is 46.2 Å². The summed E-state index contributed by atoms with van der Waals surface area (Å²) in [5, 5.41) is 1.12. The van der Waals surface area contributed by atoms with Crippen LogP contribution in [0.5, 0.6) is 5.75 Å². The first-order valence-corrected chi connectivity index (χ1v) is 11.1. The molecule has 2 aromatic rings. The van der Waals surface area contributed by atoms with Gasteiger partial charge in [-0.05, 0) is 61.5 Å². The standard InChI is InChI=1S/C23H24N2O3S2/c1-3-4-5-14-28-19-12-8-17(9-13-19)15-20-22(27)25(23(29)30-20)24-21(26)18-10-6-16(2)7-11-18/h6-13,15H,3-5,14H2,1-2H3,(H,24,26)/b20-15-. The summed E-state index contributed by atoms with van der Waals surface area (Å²) in [4.78, 5) is 25.6. The van der Waals surface area contributed by atoms with Gasteiger partial charge in [-0.2, -0.15) is 5.01 Å². The summed E-state index contributed by atoms with van der Waals surface area (Å²) in [5.74, 6) is 0.0867. The number of thioether (sulfide) groups is 1. The van der Waals surface area contributed by atoms with Gasteiger partial charge in [-0.1, -0.05) is 61.4 Å².